The molecule has 106 valence electrons. The van der Waals surface area contributed by atoms with Gasteiger partial charge in [-0.05, 0) is 33.3 Å². The lowest BCUT2D eigenvalue weighted by Crippen LogP contribution is -2.12. The summed E-state index contributed by atoms with van der Waals surface area (Å²) >= 11 is 0. The van der Waals surface area contributed by atoms with Crippen molar-refractivity contribution >= 4 is 5.97 Å². The smallest absolute Gasteiger partial charge is 0.341 e. The van der Waals surface area contributed by atoms with Crippen LogP contribution in [0.1, 0.15) is 22.6 Å². The van der Waals surface area contributed by atoms with Crippen molar-refractivity contribution in [3.63, 3.8) is 0 Å². The van der Waals surface area contributed by atoms with E-state index in [4.69, 9.17) is 9.84 Å². The average molecular weight is 276 g/mol. The van der Waals surface area contributed by atoms with E-state index in [1.165, 1.54) is 0 Å². The minimum absolute atomic E-state index is 0.222. The van der Waals surface area contributed by atoms with Gasteiger partial charge in [0.15, 0.2) is 6.61 Å². The topological polar surface area (TPSA) is 90.1 Å². The Kier molecular flexibility index (Phi) is 3.69. The third-order valence-electron chi connectivity index (χ3n) is 3.00. The van der Waals surface area contributed by atoms with Gasteiger partial charge in [-0.3, -0.25) is 0 Å². The van der Waals surface area contributed by atoms with E-state index in [9.17, 15) is 4.79 Å². The Morgan fingerprint density at radius 1 is 1.30 bits per heavy atom. The molecular weight excluding hydrogens is 260 g/mol. The Labute approximate surface area is 116 Å². The van der Waals surface area contributed by atoms with E-state index in [1.807, 2.05) is 20.8 Å². The first kappa shape index (κ1) is 14.0. The maximum absolute atomic E-state index is 10.5. The molecule has 0 radical (unpaired) electrons. The van der Waals surface area contributed by atoms with Crippen molar-refractivity contribution in [2.75, 3.05) is 6.61 Å². The van der Waals surface area contributed by atoms with Gasteiger partial charge in [0.05, 0.1) is 5.69 Å². The molecule has 0 aliphatic rings. The molecule has 1 N–H and O–H groups in total. The number of carboxylic acid groups (broad SMARTS) is 1. The molecule has 2 rings (SSSR count). The highest BCUT2D eigenvalue weighted by atomic mass is 16.5. The third-order valence-corrected chi connectivity index (χ3v) is 3.00. The molecule has 0 saturated heterocycles. The lowest BCUT2D eigenvalue weighted by Gasteiger charge is -2.07. The number of nitrogens with zero attached hydrogens (tertiary/aromatic N) is 4. The zero-order valence-corrected chi connectivity index (χ0v) is 11.8. The van der Waals surface area contributed by atoms with Crippen LogP contribution < -0.4 is 4.74 Å². The molecular formula is C13H16N4O3. The number of hydrogen-bond acceptors (Lipinski definition) is 5. The van der Waals surface area contributed by atoms with Crippen LogP contribution in [0.15, 0.2) is 6.07 Å². The number of aromatic nitrogens is 4. The second-order valence-corrected chi connectivity index (χ2v) is 4.54. The van der Waals surface area contributed by atoms with Crippen molar-refractivity contribution in [3.8, 4) is 11.8 Å². The second kappa shape index (κ2) is 5.28. The highest BCUT2D eigenvalue weighted by Gasteiger charge is 2.13. The molecule has 0 atom stereocenters. The quantitative estimate of drug-likeness (QED) is 0.906. The maximum atomic E-state index is 10.5. The van der Waals surface area contributed by atoms with E-state index in [-0.39, 0.29) is 5.88 Å². The van der Waals surface area contributed by atoms with Crippen molar-refractivity contribution < 1.29 is 14.6 Å². The average Bonchev–Trinajstić information content (AvgIpc) is 2.63. The lowest BCUT2D eigenvalue weighted by atomic mass is 10.2. The van der Waals surface area contributed by atoms with E-state index in [0.717, 1.165) is 17.0 Å². The van der Waals surface area contributed by atoms with Crippen LogP contribution in [0, 0.1) is 27.7 Å². The molecule has 7 heteroatoms. The lowest BCUT2D eigenvalue weighted by molar-refractivity contribution is -0.139. The van der Waals surface area contributed by atoms with E-state index in [0.29, 0.717) is 11.6 Å². The first-order valence-corrected chi connectivity index (χ1v) is 6.12. The van der Waals surface area contributed by atoms with Gasteiger partial charge < -0.3 is 9.84 Å². The number of carboxylic acids is 1. The standard InChI is InChI=1S/C13H16N4O3/c1-7-5-11(20-6-12(18)19)15-13(14-7)17-10(4)8(2)9(3)16-17/h5H,6H2,1-4H3,(H,18,19). The van der Waals surface area contributed by atoms with Crippen LogP contribution in [0.3, 0.4) is 0 Å². The van der Waals surface area contributed by atoms with Crippen LogP contribution >= 0.6 is 0 Å². The van der Waals surface area contributed by atoms with Crippen LogP contribution in [-0.4, -0.2) is 37.4 Å². The third kappa shape index (κ3) is 2.76. The highest BCUT2D eigenvalue weighted by molar-refractivity contribution is 5.68. The van der Waals surface area contributed by atoms with Gasteiger partial charge in [-0.15, -0.1) is 0 Å². The van der Waals surface area contributed by atoms with Crippen molar-refractivity contribution in [3.05, 3.63) is 28.7 Å². The monoisotopic (exact) mass is 276 g/mol. The van der Waals surface area contributed by atoms with Crippen molar-refractivity contribution in [2.24, 2.45) is 0 Å². The molecule has 2 aromatic rings. The number of rotatable bonds is 4. The van der Waals surface area contributed by atoms with Crippen molar-refractivity contribution in [1.82, 2.24) is 19.7 Å². The predicted molar refractivity (Wildman–Crippen MR) is 71.2 cm³/mol. The van der Waals surface area contributed by atoms with Gasteiger partial charge in [0.25, 0.3) is 5.95 Å². The molecule has 2 aromatic heterocycles. The summed E-state index contributed by atoms with van der Waals surface area (Å²) in [6.07, 6.45) is 0. The summed E-state index contributed by atoms with van der Waals surface area (Å²) in [6.45, 7) is 7.17. The van der Waals surface area contributed by atoms with Crippen LogP contribution in [0.4, 0.5) is 0 Å². The number of hydrogen-bond donors (Lipinski definition) is 1. The first-order valence-electron chi connectivity index (χ1n) is 6.12. The summed E-state index contributed by atoms with van der Waals surface area (Å²) in [7, 11) is 0. The predicted octanol–water partition coefficient (Wildman–Crippen LogP) is 1.36. The largest absolute Gasteiger partial charge is 0.479 e. The maximum Gasteiger partial charge on any atom is 0.341 e. The van der Waals surface area contributed by atoms with E-state index >= 15 is 0 Å². The van der Waals surface area contributed by atoms with Crippen LogP contribution in [0.5, 0.6) is 5.88 Å². The van der Waals surface area contributed by atoms with E-state index in [2.05, 4.69) is 15.1 Å². The van der Waals surface area contributed by atoms with Crippen LogP contribution in [0.2, 0.25) is 0 Å². The molecule has 0 unspecified atom stereocenters. The molecule has 0 fully saturated rings. The van der Waals surface area contributed by atoms with Gasteiger partial charge in [0.2, 0.25) is 5.88 Å². The van der Waals surface area contributed by atoms with Gasteiger partial charge in [0, 0.05) is 17.5 Å². The Hall–Kier alpha value is -2.44. The summed E-state index contributed by atoms with van der Waals surface area (Å²) in [5, 5.41) is 13.0. The number of aryl methyl sites for hydroxylation is 2. The summed E-state index contributed by atoms with van der Waals surface area (Å²) in [6, 6.07) is 1.59. The number of aliphatic carboxylic acids is 1. The summed E-state index contributed by atoms with van der Waals surface area (Å²) in [5.41, 5.74) is 3.60. The molecule has 0 aromatic carbocycles. The summed E-state index contributed by atoms with van der Waals surface area (Å²) < 4.78 is 6.73. The van der Waals surface area contributed by atoms with Gasteiger partial charge in [0.1, 0.15) is 0 Å². The van der Waals surface area contributed by atoms with E-state index in [1.54, 1.807) is 17.7 Å². The SMILES string of the molecule is Cc1cc(OCC(=O)O)nc(-n2nc(C)c(C)c2C)n1. The number of ether oxygens (including phenoxy) is 1. The molecule has 7 nitrogen and oxygen atoms in total. The normalized spacial score (nSPS) is 10.6. The fraction of sp³-hybridized carbons (Fsp3) is 0.385. The minimum atomic E-state index is -1.05. The fourth-order valence-corrected chi connectivity index (χ4v) is 1.74. The Morgan fingerprint density at radius 3 is 2.55 bits per heavy atom. The van der Waals surface area contributed by atoms with Gasteiger partial charge >= 0.3 is 5.97 Å². The molecule has 0 saturated carbocycles. The molecule has 0 amide bonds. The van der Waals surface area contributed by atoms with Crippen molar-refractivity contribution in [1.29, 1.82) is 0 Å². The van der Waals surface area contributed by atoms with Crippen LogP contribution in [-0.2, 0) is 4.79 Å². The molecule has 20 heavy (non-hydrogen) atoms. The summed E-state index contributed by atoms with van der Waals surface area (Å²) in [5.74, 6) is -0.455. The molecule has 2 heterocycles. The Balaban J connectivity index is 2.41. The zero-order valence-electron chi connectivity index (χ0n) is 11.8. The van der Waals surface area contributed by atoms with Gasteiger partial charge in [-0.25, -0.2) is 14.5 Å². The first-order chi connectivity index (χ1) is 9.38. The van der Waals surface area contributed by atoms with Gasteiger partial charge in [-0.2, -0.15) is 10.1 Å². The molecule has 0 aliphatic carbocycles. The second-order valence-electron chi connectivity index (χ2n) is 4.54. The molecule has 0 aliphatic heterocycles. The van der Waals surface area contributed by atoms with Crippen LogP contribution in [0.25, 0.3) is 5.95 Å². The number of carbonyl (C=O) groups is 1. The Morgan fingerprint density at radius 2 is 2.00 bits per heavy atom. The molecule has 0 spiro atoms. The zero-order chi connectivity index (χ0) is 14.9. The van der Waals surface area contributed by atoms with E-state index < -0.39 is 12.6 Å². The minimum Gasteiger partial charge on any atom is -0.479 e. The fourth-order valence-electron chi connectivity index (χ4n) is 1.74. The van der Waals surface area contributed by atoms with Crippen molar-refractivity contribution in [2.45, 2.75) is 27.7 Å². The molecule has 0 bridgehead atoms. The van der Waals surface area contributed by atoms with Gasteiger partial charge in [-0.1, -0.05) is 0 Å². The summed E-state index contributed by atoms with van der Waals surface area (Å²) in [4.78, 5) is 19.0. The highest BCUT2D eigenvalue weighted by Crippen LogP contribution is 2.17. The Bertz CT molecular complexity index is 664.